The molecule has 0 radical (unpaired) electrons. The molecule has 11 heteroatoms. The zero-order valence-corrected chi connectivity index (χ0v) is 11.1. The molecular weight excluding hydrogens is 290 g/mol. The Morgan fingerprint density at radius 3 is 1.81 bits per heavy atom. The molecule has 0 aromatic heterocycles. The molecule has 0 saturated heterocycles. The molecular formula is C10H11N3O8. The monoisotopic (exact) mass is 301 g/mol. The van der Waals surface area contributed by atoms with Gasteiger partial charge in [0.2, 0.25) is 5.75 Å². The molecule has 11 nitrogen and oxygen atoms in total. The van der Waals surface area contributed by atoms with Gasteiger partial charge in [-0.25, -0.2) is 0 Å². The number of nitro groups is 3. The van der Waals surface area contributed by atoms with Crippen molar-refractivity contribution in [2.24, 2.45) is 0 Å². The second-order valence-electron chi connectivity index (χ2n) is 3.56. The normalized spacial score (nSPS) is 10.0. The van der Waals surface area contributed by atoms with Crippen molar-refractivity contribution in [3.63, 3.8) is 0 Å². The summed E-state index contributed by atoms with van der Waals surface area (Å²) in [5.74, 6) is -1.31. The van der Waals surface area contributed by atoms with E-state index in [0.29, 0.717) is 0 Å². The third-order valence-electron chi connectivity index (χ3n) is 2.32. The maximum atomic E-state index is 11.1. The number of rotatable bonds is 7. The minimum absolute atomic E-state index is 0.0525. The number of hydrogen-bond acceptors (Lipinski definition) is 8. The van der Waals surface area contributed by atoms with Crippen LogP contribution in [0.3, 0.4) is 0 Å². The smallest absolute Gasteiger partial charge is 0.398 e. The molecule has 0 amide bonds. The van der Waals surface area contributed by atoms with E-state index < -0.39 is 43.3 Å². The van der Waals surface area contributed by atoms with Crippen molar-refractivity contribution < 1.29 is 24.2 Å². The van der Waals surface area contributed by atoms with Gasteiger partial charge in [-0.3, -0.25) is 30.3 Å². The molecule has 0 saturated carbocycles. The Morgan fingerprint density at radius 1 is 0.905 bits per heavy atom. The van der Waals surface area contributed by atoms with E-state index in [-0.39, 0.29) is 13.2 Å². The highest BCUT2D eigenvalue weighted by atomic mass is 16.6. The van der Waals surface area contributed by atoms with Gasteiger partial charge in [0.1, 0.15) is 0 Å². The molecule has 0 fully saturated rings. The molecule has 0 aliphatic heterocycles. The largest absolute Gasteiger partial charge is 0.487 e. The fourth-order valence-electron chi connectivity index (χ4n) is 1.64. The molecule has 0 bridgehead atoms. The van der Waals surface area contributed by atoms with Crippen LogP contribution in [0.2, 0.25) is 0 Å². The highest BCUT2D eigenvalue weighted by molar-refractivity contribution is 5.76. The van der Waals surface area contributed by atoms with E-state index in [1.54, 1.807) is 0 Å². The van der Waals surface area contributed by atoms with Crippen LogP contribution >= 0.6 is 0 Å². The molecule has 0 aliphatic rings. The Labute approximate surface area is 117 Å². The lowest BCUT2D eigenvalue weighted by Gasteiger charge is -2.09. The molecule has 0 N–H and O–H groups in total. The summed E-state index contributed by atoms with van der Waals surface area (Å²) in [6.07, 6.45) is 0. The van der Waals surface area contributed by atoms with E-state index in [0.717, 1.165) is 6.07 Å². The van der Waals surface area contributed by atoms with Gasteiger partial charge >= 0.3 is 17.1 Å². The number of nitro benzene ring substituents is 3. The number of nitrogens with zero attached hydrogens (tertiary/aromatic N) is 3. The third-order valence-corrected chi connectivity index (χ3v) is 2.32. The Hall–Kier alpha value is -2.98. The Morgan fingerprint density at radius 2 is 1.43 bits per heavy atom. The van der Waals surface area contributed by atoms with E-state index >= 15 is 0 Å². The lowest BCUT2D eigenvalue weighted by atomic mass is 10.2. The fourth-order valence-corrected chi connectivity index (χ4v) is 1.64. The van der Waals surface area contributed by atoms with Gasteiger partial charge in [-0.15, -0.1) is 0 Å². The predicted octanol–water partition coefficient (Wildman–Crippen LogP) is 2.21. The summed E-state index contributed by atoms with van der Waals surface area (Å²) in [6, 6.07) is 0.750. The molecule has 0 heterocycles. The number of benzene rings is 1. The molecule has 0 spiro atoms. The summed E-state index contributed by atoms with van der Waals surface area (Å²) in [5, 5.41) is 33.1. The highest BCUT2D eigenvalue weighted by Gasteiger charge is 2.41. The van der Waals surface area contributed by atoms with Crippen LogP contribution in [0.15, 0.2) is 6.07 Å². The first-order valence-corrected chi connectivity index (χ1v) is 5.74. The molecule has 0 atom stereocenters. The van der Waals surface area contributed by atoms with Crippen LogP contribution < -0.4 is 9.47 Å². The van der Waals surface area contributed by atoms with Crippen molar-refractivity contribution >= 4 is 17.1 Å². The number of hydrogen-bond donors (Lipinski definition) is 0. The minimum atomic E-state index is -1.10. The molecule has 0 aliphatic carbocycles. The Bertz CT molecular complexity index is 600. The van der Waals surface area contributed by atoms with Gasteiger partial charge in [0, 0.05) is 0 Å². The van der Waals surface area contributed by atoms with Crippen LogP contribution in [0.1, 0.15) is 13.8 Å². The molecule has 1 rings (SSSR count). The zero-order chi connectivity index (χ0) is 16.2. The summed E-state index contributed by atoms with van der Waals surface area (Å²) in [6.45, 7) is 2.74. The summed E-state index contributed by atoms with van der Waals surface area (Å²) in [4.78, 5) is 30.1. The second kappa shape index (κ2) is 6.45. The summed E-state index contributed by atoms with van der Waals surface area (Å²) >= 11 is 0. The van der Waals surface area contributed by atoms with Gasteiger partial charge in [0.15, 0.2) is 0 Å². The van der Waals surface area contributed by atoms with E-state index in [1.807, 2.05) is 0 Å². The van der Waals surface area contributed by atoms with Crippen molar-refractivity contribution in [2.45, 2.75) is 13.8 Å². The average molecular weight is 301 g/mol. The molecule has 114 valence electrons. The predicted molar refractivity (Wildman–Crippen MR) is 68.7 cm³/mol. The summed E-state index contributed by atoms with van der Waals surface area (Å²) in [7, 11) is 0. The first kappa shape index (κ1) is 16.1. The summed E-state index contributed by atoms with van der Waals surface area (Å²) < 4.78 is 9.78. The SMILES string of the molecule is CCOc1cc([N+](=O)[O-])c(OCC)c([N+](=O)[O-])c1[N+](=O)[O-]. The average Bonchev–Trinajstić information content (AvgIpc) is 2.38. The van der Waals surface area contributed by atoms with Crippen LogP contribution in [-0.2, 0) is 0 Å². The highest BCUT2D eigenvalue weighted by Crippen LogP contribution is 2.49. The number of ether oxygens (including phenoxy) is 2. The lowest BCUT2D eigenvalue weighted by molar-refractivity contribution is -0.426. The second-order valence-corrected chi connectivity index (χ2v) is 3.56. The van der Waals surface area contributed by atoms with Crippen LogP contribution in [0.5, 0.6) is 11.5 Å². The third kappa shape index (κ3) is 3.13. The van der Waals surface area contributed by atoms with Crippen molar-refractivity contribution in [1.82, 2.24) is 0 Å². The van der Waals surface area contributed by atoms with Crippen LogP contribution in [0, 0.1) is 30.3 Å². The van der Waals surface area contributed by atoms with Gasteiger partial charge in [-0.05, 0) is 13.8 Å². The maximum absolute atomic E-state index is 11.1. The topological polar surface area (TPSA) is 148 Å². The molecule has 1 aromatic rings. The summed E-state index contributed by atoms with van der Waals surface area (Å²) in [5.41, 5.74) is -2.84. The van der Waals surface area contributed by atoms with E-state index in [2.05, 4.69) is 0 Å². The van der Waals surface area contributed by atoms with E-state index in [4.69, 9.17) is 9.47 Å². The molecule has 0 unspecified atom stereocenters. The van der Waals surface area contributed by atoms with Crippen molar-refractivity contribution in [3.8, 4) is 11.5 Å². The first-order chi connectivity index (χ1) is 9.84. The van der Waals surface area contributed by atoms with Crippen LogP contribution in [0.25, 0.3) is 0 Å². The standard InChI is InChI=1S/C10H11N3O8/c1-3-20-7-5-6(11(14)15)10(21-4-2)9(13(18)19)8(7)12(16)17/h5H,3-4H2,1-2H3. The lowest BCUT2D eigenvalue weighted by Crippen LogP contribution is -2.07. The van der Waals surface area contributed by atoms with Crippen LogP contribution in [-0.4, -0.2) is 28.0 Å². The van der Waals surface area contributed by atoms with Gasteiger partial charge in [0.25, 0.3) is 5.75 Å². The molecule has 21 heavy (non-hydrogen) atoms. The van der Waals surface area contributed by atoms with E-state index in [9.17, 15) is 30.3 Å². The quantitative estimate of drug-likeness (QED) is 0.549. The zero-order valence-electron chi connectivity index (χ0n) is 11.1. The van der Waals surface area contributed by atoms with Gasteiger partial charge in [-0.1, -0.05) is 0 Å². The van der Waals surface area contributed by atoms with Gasteiger partial charge in [-0.2, -0.15) is 0 Å². The Balaban J connectivity index is 3.83. The molecule has 1 aromatic carbocycles. The van der Waals surface area contributed by atoms with Crippen molar-refractivity contribution in [1.29, 1.82) is 0 Å². The van der Waals surface area contributed by atoms with Gasteiger partial charge in [0.05, 0.1) is 34.1 Å². The first-order valence-electron chi connectivity index (χ1n) is 5.74. The van der Waals surface area contributed by atoms with Gasteiger partial charge < -0.3 is 9.47 Å². The van der Waals surface area contributed by atoms with Crippen molar-refractivity contribution in [3.05, 3.63) is 36.4 Å². The van der Waals surface area contributed by atoms with E-state index in [1.165, 1.54) is 13.8 Å². The van der Waals surface area contributed by atoms with Crippen molar-refractivity contribution in [2.75, 3.05) is 13.2 Å². The fraction of sp³-hybridized carbons (Fsp3) is 0.400. The van der Waals surface area contributed by atoms with Crippen LogP contribution in [0.4, 0.5) is 17.1 Å². The minimum Gasteiger partial charge on any atom is -0.487 e. The maximum Gasteiger partial charge on any atom is 0.398 e. The Kier molecular flexibility index (Phi) is 4.94.